The Kier molecular flexibility index (Phi) is 9.31. The summed E-state index contributed by atoms with van der Waals surface area (Å²) in [6.45, 7) is 2.31. The number of nitrogens with zero attached hydrogens (tertiary/aromatic N) is 1. The highest BCUT2D eigenvalue weighted by molar-refractivity contribution is 9.10. The van der Waals surface area contributed by atoms with E-state index in [0.717, 1.165) is 28.2 Å². The zero-order chi connectivity index (χ0) is 17.3. The zero-order valence-corrected chi connectivity index (χ0v) is 15.5. The van der Waals surface area contributed by atoms with Crippen molar-refractivity contribution < 1.29 is 33.5 Å². The number of benzene rings is 1. The van der Waals surface area contributed by atoms with Gasteiger partial charge in [0.25, 0.3) is 0 Å². The predicted octanol–water partition coefficient (Wildman–Crippen LogP) is -0.0699. The normalized spacial score (nSPS) is 16.3. The van der Waals surface area contributed by atoms with Gasteiger partial charge < -0.3 is 0 Å². The molecule has 0 radical (unpaired) electrons. The molecule has 0 atom stereocenters. The van der Waals surface area contributed by atoms with Gasteiger partial charge in [-0.3, -0.25) is 0 Å². The van der Waals surface area contributed by atoms with Crippen LogP contribution >= 0.6 is 27.5 Å². The summed E-state index contributed by atoms with van der Waals surface area (Å²) in [5.41, 5.74) is 1.06. The van der Waals surface area contributed by atoms with E-state index in [9.17, 15) is 0 Å². The van der Waals surface area contributed by atoms with Crippen LogP contribution in [0.5, 0.6) is 0 Å². The summed E-state index contributed by atoms with van der Waals surface area (Å²) in [4.78, 5) is 0. The first kappa shape index (κ1) is 20.6. The van der Waals surface area contributed by atoms with Crippen molar-refractivity contribution in [1.29, 1.82) is 0 Å². The van der Waals surface area contributed by atoms with E-state index in [1.165, 1.54) is 25.7 Å². The SMILES string of the molecule is Cl/C(=C\C=[N+]1CCCCCC1)c1ccc(Br)cc1.[O-][Cl+3]([O-])([O-])[O-]. The Morgan fingerprint density at radius 2 is 1.48 bits per heavy atom. The Hall–Kier alpha value is -0.470. The Balaban J connectivity index is 0.000000463. The standard InChI is InChI=1S/C15H18BrClN.ClHO4/c16-14-7-5-13(6-8-14)15(17)9-12-18-10-3-1-2-4-11-18;2-1(3,4)5/h5-9,12H,1-4,10-11H2;(H,2,3,4,5)/q+1;/p-1/b15-9-;. The van der Waals surface area contributed by atoms with Gasteiger partial charge in [-0.25, -0.2) is 23.2 Å². The summed E-state index contributed by atoms with van der Waals surface area (Å²) in [5, 5.41) is 0.798. The molecule has 128 valence electrons. The molecule has 23 heavy (non-hydrogen) atoms. The van der Waals surface area contributed by atoms with Crippen LogP contribution in [0.3, 0.4) is 0 Å². The third kappa shape index (κ3) is 10.8. The first-order chi connectivity index (χ1) is 10.8. The van der Waals surface area contributed by atoms with Gasteiger partial charge in [-0.05, 0) is 30.5 Å². The van der Waals surface area contributed by atoms with Crippen LogP contribution in [0.2, 0.25) is 0 Å². The molecule has 0 bridgehead atoms. The Morgan fingerprint density at radius 3 is 1.96 bits per heavy atom. The maximum absolute atomic E-state index is 8.49. The number of rotatable bonds is 2. The molecule has 0 amide bonds. The molecule has 8 heteroatoms. The van der Waals surface area contributed by atoms with Gasteiger partial charge in [0.1, 0.15) is 13.1 Å². The lowest BCUT2D eigenvalue weighted by molar-refractivity contribution is -2.00. The molecule has 0 unspecified atom stereocenters. The van der Waals surface area contributed by atoms with Crippen molar-refractivity contribution in [2.45, 2.75) is 25.7 Å². The topological polar surface area (TPSA) is 95.2 Å². The molecular weight excluding hydrogens is 409 g/mol. The summed E-state index contributed by atoms with van der Waals surface area (Å²) < 4.78 is 37.4. The highest BCUT2D eigenvalue weighted by atomic mass is 79.9. The minimum absolute atomic E-state index is 0.798. The van der Waals surface area contributed by atoms with Crippen LogP contribution in [-0.2, 0) is 0 Å². The van der Waals surface area contributed by atoms with Gasteiger partial charge in [0.15, 0.2) is 6.21 Å². The molecule has 0 aliphatic carbocycles. The maximum atomic E-state index is 8.49. The maximum Gasteiger partial charge on any atom is 0.164 e. The van der Waals surface area contributed by atoms with Crippen LogP contribution in [-0.4, -0.2) is 23.9 Å². The Morgan fingerprint density at radius 1 is 1.00 bits per heavy atom. The van der Waals surface area contributed by atoms with E-state index in [-0.39, 0.29) is 0 Å². The van der Waals surface area contributed by atoms with Crippen LogP contribution in [0.4, 0.5) is 0 Å². The minimum atomic E-state index is -4.94. The molecular formula is C15H18BrCl2NO4. The van der Waals surface area contributed by atoms with Crippen LogP contribution in [0, 0.1) is 10.2 Å². The van der Waals surface area contributed by atoms with Gasteiger partial charge in [0.05, 0.1) is 5.03 Å². The predicted molar refractivity (Wildman–Crippen MR) is 82.5 cm³/mol. The van der Waals surface area contributed by atoms with Crippen molar-refractivity contribution >= 4 is 38.8 Å². The number of hydrogen-bond donors (Lipinski definition) is 0. The zero-order valence-electron chi connectivity index (χ0n) is 12.4. The quantitative estimate of drug-likeness (QED) is 0.618. The van der Waals surface area contributed by atoms with Gasteiger partial charge in [0.2, 0.25) is 0 Å². The second-order valence-corrected chi connectivity index (χ2v) is 7.08. The van der Waals surface area contributed by atoms with Crippen LogP contribution in [0.15, 0.2) is 34.8 Å². The van der Waals surface area contributed by atoms with E-state index in [1.54, 1.807) is 0 Å². The van der Waals surface area contributed by atoms with E-state index in [4.69, 9.17) is 30.2 Å². The molecule has 1 aromatic rings. The first-order valence-electron chi connectivity index (χ1n) is 7.08. The third-order valence-electron chi connectivity index (χ3n) is 3.19. The minimum Gasteiger partial charge on any atom is -0.236 e. The highest BCUT2D eigenvalue weighted by Gasteiger charge is 2.08. The first-order valence-corrected chi connectivity index (χ1v) is 9.48. The molecule has 5 nitrogen and oxygen atoms in total. The molecule has 1 heterocycles. The second-order valence-electron chi connectivity index (χ2n) is 5.00. The third-order valence-corrected chi connectivity index (χ3v) is 4.07. The lowest BCUT2D eigenvalue weighted by Crippen LogP contribution is -2.68. The van der Waals surface area contributed by atoms with Crippen molar-refractivity contribution in [2.24, 2.45) is 0 Å². The van der Waals surface area contributed by atoms with Gasteiger partial charge in [0, 0.05) is 23.4 Å². The summed E-state index contributed by atoms with van der Waals surface area (Å²) in [6, 6.07) is 8.08. The van der Waals surface area contributed by atoms with Crippen molar-refractivity contribution in [1.82, 2.24) is 0 Å². The number of halogens is 3. The fourth-order valence-corrected chi connectivity index (χ4v) is 2.57. The lowest BCUT2D eigenvalue weighted by Gasteiger charge is -2.17. The molecule has 2 rings (SSSR count). The Bertz CT molecular complexity index is 525. The summed E-state index contributed by atoms with van der Waals surface area (Å²) >= 11 is 9.73. The summed E-state index contributed by atoms with van der Waals surface area (Å²) in [7, 11) is -4.94. The molecule has 1 fully saturated rings. The fourth-order valence-electron chi connectivity index (χ4n) is 2.12. The van der Waals surface area contributed by atoms with E-state index in [1.807, 2.05) is 30.3 Å². The molecule has 0 spiro atoms. The van der Waals surface area contributed by atoms with Crippen LogP contribution in [0.1, 0.15) is 31.2 Å². The van der Waals surface area contributed by atoms with Gasteiger partial charge in [-0.2, -0.15) is 0 Å². The van der Waals surface area contributed by atoms with Crippen LogP contribution in [0.25, 0.3) is 5.03 Å². The summed E-state index contributed by atoms with van der Waals surface area (Å²) in [5.74, 6) is 0. The van der Waals surface area contributed by atoms with Gasteiger partial charge in [-0.1, -0.05) is 39.7 Å². The summed E-state index contributed by atoms with van der Waals surface area (Å²) in [6.07, 6.45) is 9.44. The number of allylic oxidation sites excluding steroid dienone is 1. The number of hydrogen-bond acceptors (Lipinski definition) is 4. The molecule has 1 aliphatic heterocycles. The fraction of sp³-hybridized carbons (Fsp3) is 0.400. The van der Waals surface area contributed by atoms with Crippen molar-refractivity contribution in [3.63, 3.8) is 0 Å². The highest BCUT2D eigenvalue weighted by Crippen LogP contribution is 2.20. The van der Waals surface area contributed by atoms with Crippen molar-refractivity contribution in [3.8, 4) is 0 Å². The average molecular weight is 427 g/mol. The largest absolute Gasteiger partial charge is 0.236 e. The van der Waals surface area contributed by atoms with Crippen molar-refractivity contribution in [2.75, 3.05) is 13.1 Å². The molecule has 1 aromatic carbocycles. The van der Waals surface area contributed by atoms with E-state index >= 15 is 0 Å². The molecule has 0 N–H and O–H groups in total. The second kappa shape index (κ2) is 10.4. The average Bonchev–Trinajstić information content (AvgIpc) is 2.72. The molecule has 1 aliphatic rings. The smallest absolute Gasteiger partial charge is 0.164 e. The van der Waals surface area contributed by atoms with Crippen LogP contribution < -0.4 is 18.6 Å². The van der Waals surface area contributed by atoms with Crippen molar-refractivity contribution in [3.05, 3.63) is 40.4 Å². The molecule has 0 saturated carbocycles. The molecule has 1 saturated heterocycles. The van der Waals surface area contributed by atoms with Gasteiger partial charge >= 0.3 is 0 Å². The monoisotopic (exact) mass is 425 g/mol. The molecule has 0 aromatic heterocycles. The van der Waals surface area contributed by atoms with E-state index < -0.39 is 10.2 Å². The lowest BCUT2D eigenvalue weighted by atomic mass is 10.2. The Labute approximate surface area is 151 Å². The van der Waals surface area contributed by atoms with E-state index in [2.05, 4.69) is 26.7 Å². The van der Waals surface area contributed by atoms with Gasteiger partial charge in [-0.15, -0.1) is 10.2 Å². The van der Waals surface area contributed by atoms with E-state index in [0.29, 0.717) is 0 Å².